The van der Waals surface area contributed by atoms with Crippen LogP contribution in [0.3, 0.4) is 0 Å². The zero-order chi connectivity index (χ0) is 24.8. The van der Waals surface area contributed by atoms with E-state index in [4.69, 9.17) is 4.74 Å². The maximum absolute atomic E-state index is 12.5. The van der Waals surface area contributed by atoms with Crippen molar-refractivity contribution < 1.29 is 14.3 Å². The number of nitrogens with one attached hydrogen (secondary N) is 2. The second-order valence-corrected chi connectivity index (χ2v) is 8.59. The monoisotopic (exact) mass is 488 g/mol. The van der Waals surface area contributed by atoms with Crippen molar-refractivity contribution in [2.24, 2.45) is 7.05 Å². The van der Waals surface area contributed by atoms with Gasteiger partial charge < -0.3 is 19.9 Å². The summed E-state index contributed by atoms with van der Waals surface area (Å²) in [6.07, 6.45) is 3.39. The molecule has 2 aromatic heterocycles. The smallest absolute Gasteiger partial charge is 0.255 e. The largest absolute Gasteiger partial charge is 0.497 e. The molecule has 35 heavy (non-hydrogen) atoms. The van der Waals surface area contributed by atoms with Crippen LogP contribution in [0, 0.1) is 6.92 Å². The molecule has 10 heteroatoms. The summed E-state index contributed by atoms with van der Waals surface area (Å²) in [6, 6.07) is 15.9. The number of hydrogen-bond donors (Lipinski definition) is 2. The van der Waals surface area contributed by atoms with E-state index >= 15 is 0 Å². The lowest BCUT2D eigenvalue weighted by molar-refractivity contribution is -0.113. The fourth-order valence-electron chi connectivity index (χ4n) is 3.34. The molecular formula is C25H24N6O3S. The number of hydrogen-bond acceptors (Lipinski definition) is 7. The molecule has 0 aliphatic carbocycles. The van der Waals surface area contributed by atoms with E-state index in [9.17, 15) is 9.59 Å². The standard InChI is InChI=1S/C25H24N6O3S/c1-16-14-19(27-24(33)18-4-7-20(34-3)8-5-18)6-9-21(16)28-22(32)15-35-25-30-29-23(31(25)2)17-10-12-26-13-11-17/h4-14H,15H2,1-3H3,(H,27,33)(H,28,32). The lowest BCUT2D eigenvalue weighted by Gasteiger charge is -2.11. The van der Waals surface area contributed by atoms with E-state index in [0.29, 0.717) is 33.7 Å². The normalized spacial score (nSPS) is 10.6. The Morgan fingerprint density at radius 3 is 2.43 bits per heavy atom. The highest BCUT2D eigenvalue weighted by atomic mass is 32.2. The van der Waals surface area contributed by atoms with Gasteiger partial charge in [-0.3, -0.25) is 14.6 Å². The van der Waals surface area contributed by atoms with Crippen LogP contribution in [-0.4, -0.2) is 44.4 Å². The van der Waals surface area contributed by atoms with Crippen LogP contribution in [-0.2, 0) is 11.8 Å². The molecule has 2 N–H and O–H groups in total. The minimum Gasteiger partial charge on any atom is -0.497 e. The van der Waals surface area contributed by atoms with Crippen molar-refractivity contribution >= 4 is 35.0 Å². The maximum Gasteiger partial charge on any atom is 0.255 e. The van der Waals surface area contributed by atoms with Gasteiger partial charge in [-0.2, -0.15) is 0 Å². The molecule has 0 spiro atoms. The average molecular weight is 489 g/mol. The number of ether oxygens (including phenoxy) is 1. The third kappa shape index (κ3) is 5.85. The fraction of sp³-hybridized carbons (Fsp3) is 0.160. The van der Waals surface area contributed by atoms with E-state index in [2.05, 4.69) is 25.8 Å². The summed E-state index contributed by atoms with van der Waals surface area (Å²) in [4.78, 5) is 29.0. The van der Waals surface area contributed by atoms with E-state index in [1.807, 2.05) is 36.7 Å². The molecule has 0 unspecified atom stereocenters. The molecular weight excluding hydrogens is 464 g/mol. The second kappa shape index (κ2) is 10.8. The Kier molecular flexibility index (Phi) is 7.41. The van der Waals surface area contributed by atoms with Crippen LogP contribution in [0.15, 0.2) is 72.1 Å². The molecule has 4 aromatic rings. The number of aromatic nitrogens is 4. The van der Waals surface area contributed by atoms with Crippen molar-refractivity contribution in [2.45, 2.75) is 12.1 Å². The number of anilines is 2. The number of rotatable bonds is 8. The third-order valence-corrected chi connectivity index (χ3v) is 6.24. The lowest BCUT2D eigenvalue weighted by atomic mass is 10.1. The lowest BCUT2D eigenvalue weighted by Crippen LogP contribution is -2.16. The first kappa shape index (κ1) is 24.0. The summed E-state index contributed by atoms with van der Waals surface area (Å²) >= 11 is 1.30. The molecule has 0 aliphatic rings. The molecule has 4 rings (SSSR count). The summed E-state index contributed by atoms with van der Waals surface area (Å²) in [5.41, 5.74) is 3.57. The number of thioether (sulfide) groups is 1. The first-order valence-corrected chi connectivity index (χ1v) is 11.7. The van der Waals surface area contributed by atoms with Crippen molar-refractivity contribution in [3.8, 4) is 17.1 Å². The van der Waals surface area contributed by atoms with Crippen molar-refractivity contribution in [3.05, 3.63) is 78.1 Å². The predicted molar refractivity (Wildman–Crippen MR) is 136 cm³/mol. The van der Waals surface area contributed by atoms with Gasteiger partial charge in [0.25, 0.3) is 5.91 Å². The molecule has 178 valence electrons. The van der Waals surface area contributed by atoms with Gasteiger partial charge >= 0.3 is 0 Å². The number of aryl methyl sites for hydroxylation is 1. The van der Waals surface area contributed by atoms with Gasteiger partial charge in [0.05, 0.1) is 12.9 Å². The Morgan fingerprint density at radius 2 is 1.74 bits per heavy atom. The van der Waals surface area contributed by atoms with Gasteiger partial charge in [-0.15, -0.1) is 10.2 Å². The van der Waals surface area contributed by atoms with Crippen molar-refractivity contribution in [1.29, 1.82) is 0 Å². The number of benzene rings is 2. The molecule has 0 saturated heterocycles. The quantitative estimate of drug-likeness (QED) is 0.358. The second-order valence-electron chi connectivity index (χ2n) is 7.65. The van der Waals surface area contributed by atoms with Crippen LogP contribution in [0.25, 0.3) is 11.4 Å². The topological polar surface area (TPSA) is 111 Å². The Hall–Kier alpha value is -4.18. The Morgan fingerprint density at radius 1 is 1.00 bits per heavy atom. The number of amides is 2. The van der Waals surface area contributed by atoms with Crippen LogP contribution < -0.4 is 15.4 Å². The van der Waals surface area contributed by atoms with Crippen molar-refractivity contribution in [3.63, 3.8) is 0 Å². The molecule has 2 amide bonds. The van der Waals surface area contributed by atoms with Gasteiger partial charge in [-0.05, 0) is 67.1 Å². The van der Waals surface area contributed by atoms with E-state index in [1.165, 1.54) is 11.8 Å². The van der Waals surface area contributed by atoms with Crippen LogP contribution in [0.2, 0.25) is 0 Å². The summed E-state index contributed by atoms with van der Waals surface area (Å²) in [7, 11) is 3.44. The highest BCUT2D eigenvalue weighted by Gasteiger charge is 2.14. The zero-order valence-electron chi connectivity index (χ0n) is 19.5. The Balaban J connectivity index is 1.33. The average Bonchev–Trinajstić information content (AvgIpc) is 3.25. The minimum absolute atomic E-state index is 0.165. The Labute approximate surface area is 206 Å². The molecule has 2 heterocycles. The summed E-state index contributed by atoms with van der Waals surface area (Å²) in [6.45, 7) is 1.87. The Bertz CT molecular complexity index is 1340. The predicted octanol–water partition coefficient (Wildman–Crippen LogP) is 4.18. The fourth-order valence-corrected chi connectivity index (χ4v) is 4.05. The molecule has 0 aliphatic heterocycles. The molecule has 0 radical (unpaired) electrons. The van der Waals surface area contributed by atoms with Gasteiger partial charge in [0.2, 0.25) is 5.91 Å². The number of nitrogens with zero attached hydrogens (tertiary/aromatic N) is 4. The van der Waals surface area contributed by atoms with E-state index in [0.717, 1.165) is 11.1 Å². The van der Waals surface area contributed by atoms with E-state index in [-0.39, 0.29) is 17.6 Å². The van der Waals surface area contributed by atoms with Crippen LogP contribution >= 0.6 is 11.8 Å². The first-order valence-electron chi connectivity index (χ1n) is 10.7. The summed E-state index contributed by atoms with van der Waals surface area (Å²) in [5.74, 6) is 1.18. The maximum atomic E-state index is 12.5. The third-order valence-electron chi connectivity index (χ3n) is 5.22. The zero-order valence-corrected chi connectivity index (χ0v) is 20.3. The highest BCUT2D eigenvalue weighted by molar-refractivity contribution is 7.99. The van der Waals surface area contributed by atoms with Crippen LogP contribution in [0.1, 0.15) is 15.9 Å². The van der Waals surface area contributed by atoms with Crippen molar-refractivity contribution in [2.75, 3.05) is 23.5 Å². The molecule has 2 aromatic carbocycles. The van der Waals surface area contributed by atoms with Gasteiger partial charge in [-0.1, -0.05) is 11.8 Å². The molecule has 0 atom stereocenters. The molecule has 9 nitrogen and oxygen atoms in total. The molecule has 0 saturated carbocycles. The van der Waals surface area contributed by atoms with Gasteiger partial charge in [0, 0.05) is 41.9 Å². The molecule has 0 bridgehead atoms. The highest BCUT2D eigenvalue weighted by Crippen LogP contribution is 2.24. The van der Waals surface area contributed by atoms with Gasteiger partial charge in [0.1, 0.15) is 5.75 Å². The first-order chi connectivity index (χ1) is 16.9. The minimum atomic E-state index is -0.227. The van der Waals surface area contributed by atoms with Crippen molar-refractivity contribution in [1.82, 2.24) is 19.7 Å². The number of methoxy groups -OCH3 is 1. The number of carbonyl (C=O) groups excluding carboxylic acids is 2. The summed E-state index contributed by atoms with van der Waals surface area (Å²) < 4.78 is 6.96. The van der Waals surface area contributed by atoms with E-state index < -0.39 is 0 Å². The van der Waals surface area contributed by atoms with Gasteiger partial charge in [0.15, 0.2) is 11.0 Å². The van der Waals surface area contributed by atoms with Gasteiger partial charge in [-0.25, -0.2) is 0 Å². The molecule has 0 fully saturated rings. The summed E-state index contributed by atoms with van der Waals surface area (Å²) in [5, 5.41) is 14.8. The van der Waals surface area contributed by atoms with Crippen LogP contribution in [0.5, 0.6) is 5.75 Å². The van der Waals surface area contributed by atoms with E-state index in [1.54, 1.807) is 55.9 Å². The number of pyridine rings is 1. The van der Waals surface area contributed by atoms with Crippen LogP contribution in [0.4, 0.5) is 11.4 Å². The SMILES string of the molecule is COc1ccc(C(=O)Nc2ccc(NC(=O)CSc3nnc(-c4ccncc4)n3C)c(C)c2)cc1. The number of carbonyl (C=O) groups is 2.